The van der Waals surface area contributed by atoms with Gasteiger partial charge in [0.1, 0.15) is 5.82 Å². The molecule has 3 heterocycles. The third-order valence-electron chi connectivity index (χ3n) is 4.18. The molecule has 21 heavy (non-hydrogen) atoms. The van der Waals surface area contributed by atoms with Gasteiger partial charge in [-0.2, -0.15) is 9.61 Å². The lowest BCUT2D eigenvalue weighted by Gasteiger charge is -2.19. The monoisotopic (exact) mass is 289 g/mol. The maximum absolute atomic E-state index is 5.61. The van der Waals surface area contributed by atoms with Gasteiger partial charge >= 0.3 is 0 Å². The minimum absolute atomic E-state index is 0.475. The van der Waals surface area contributed by atoms with Gasteiger partial charge in [0, 0.05) is 49.5 Å². The third-order valence-corrected chi connectivity index (χ3v) is 4.18. The molecule has 1 saturated heterocycles. The zero-order valence-electron chi connectivity index (χ0n) is 12.7. The molecule has 2 aromatic heterocycles. The standard InChI is InChI=1S/C15H23N5O/c1-10-11(2)18-14-9-13(12-3-7-21-8-4-12)19-20(14)15(10)17-6-5-16/h9,12,17H,3-8,16H2,1-2H3. The number of hydrogen-bond donors (Lipinski definition) is 2. The van der Waals surface area contributed by atoms with Crippen molar-refractivity contribution in [3.63, 3.8) is 0 Å². The molecule has 0 aromatic carbocycles. The second-order valence-corrected chi connectivity index (χ2v) is 5.61. The number of rotatable bonds is 4. The maximum Gasteiger partial charge on any atom is 0.157 e. The Morgan fingerprint density at radius 3 is 2.86 bits per heavy atom. The first-order valence-electron chi connectivity index (χ1n) is 7.59. The average Bonchev–Trinajstić information content (AvgIpc) is 2.92. The summed E-state index contributed by atoms with van der Waals surface area (Å²) in [7, 11) is 0. The lowest BCUT2D eigenvalue weighted by Crippen LogP contribution is -2.17. The molecule has 3 rings (SSSR count). The van der Waals surface area contributed by atoms with Crippen molar-refractivity contribution in [2.45, 2.75) is 32.6 Å². The minimum Gasteiger partial charge on any atom is -0.381 e. The summed E-state index contributed by atoms with van der Waals surface area (Å²) in [5, 5.41) is 8.16. The fourth-order valence-corrected chi connectivity index (χ4v) is 2.81. The number of nitrogens with two attached hydrogens (primary N) is 1. The predicted molar refractivity (Wildman–Crippen MR) is 82.8 cm³/mol. The van der Waals surface area contributed by atoms with Crippen molar-refractivity contribution >= 4 is 11.5 Å². The van der Waals surface area contributed by atoms with E-state index < -0.39 is 0 Å². The summed E-state index contributed by atoms with van der Waals surface area (Å²) in [6.07, 6.45) is 2.07. The lowest BCUT2D eigenvalue weighted by atomic mass is 9.97. The van der Waals surface area contributed by atoms with E-state index in [2.05, 4.69) is 23.3 Å². The quantitative estimate of drug-likeness (QED) is 0.894. The van der Waals surface area contributed by atoms with Crippen LogP contribution in [0.25, 0.3) is 5.65 Å². The van der Waals surface area contributed by atoms with E-state index in [0.29, 0.717) is 12.5 Å². The Hall–Kier alpha value is -1.66. The van der Waals surface area contributed by atoms with Gasteiger partial charge in [-0.15, -0.1) is 0 Å². The van der Waals surface area contributed by atoms with E-state index in [1.807, 2.05) is 11.4 Å². The molecule has 0 radical (unpaired) electrons. The van der Waals surface area contributed by atoms with Gasteiger partial charge in [-0.25, -0.2) is 4.98 Å². The third kappa shape index (κ3) is 2.73. The molecule has 6 nitrogen and oxygen atoms in total. The van der Waals surface area contributed by atoms with Crippen LogP contribution in [-0.4, -0.2) is 40.9 Å². The number of ether oxygens (including phenoxy) is 1. The van der Waals surface area contributed by atoms with Gasteiger partial charge in [-0.1, -0.05) is 0 Å². The Balaban J connectivity index is 2.02. The van der Waals surface area contributed by atoms with Crippen LogP contribution >= 0.6 is 0 Å². The van der Waals surface area contributed by atoms with E-state index in [9.17, 15) is 0 Å². The highest BCUT2D eigenvalue weighted by Gasteiger charge is 2.20. The largest absolute Gasteiger partial charge is 0.381 e. The van der Waals surface area contributed by atoms with Crippen molar-refractivity contribution in [2.75, 3.05) is 31.6 Å². The summed E-state index contributed by atoms with van der Waals surface area (Å²) >= 11 is 0. The number of hydrogen-bond acceptors (Lipinski definition) is 5. The van der Waals surface area contributed by atoms with Crippen molar-refractivity contribution < 1.29 is 4.74 Å². The molecule has 2 aromatic rings. The van der Waals surface area contributed by atoms with E-state index in [0.717, 1.165) is 61.0 Å². The zero-order valence-corrected chi connectivity index (χ0v) is 12.7. The van der Waals surface area contributed by atoms with Gasteiger partial charge in [0.15, 0.2) is 5.65 Å². The SMILES string of the molecule is Cc1nc2cc(C3CCOCC3)nn2c(NCCN)c1C. The van der Waals surface area contributed by atoms with Gasteiger partial charge in [-0.3, -0.25) is 0 Å². The van der Waals surface area contributed by atoms with Gasteiger partial charge < -0.3 is 15.8 Å². The molecule has 1 aliphatic heterocycles. The second-order valence-electron chi connectivity index (χ2n) is 5.61. The van der Waals surface area contributed by atoms with E-state index in [1.165, 1.54) is 0 Å². The topological polar surface area (TPSA) is 77.5 Å². The molecule has 1 fully saturated rings. The van der Waals surface area contributed by atoms with Crippen LogP contribution in [0, 0.1) is 13.8 Å². The van der Waals surface area contributed by atoms with Crippen LogP contribution in [0.5, 0.6) is 0 Å². The summed E-state index contributed by atoms with van der Waals surface area (Å²) < 4.78 is 7.35. The van der Waals surface area contributed by atoms with Gasteiger partial charge in [0.2, 0.25) is 0 Å². The van der Waals surface area contributed by atoms with Crippen molar-refractivity contribution in [2.24, 2.45) is 5.73 Å². The highest BCUT2D eigenvalue weighted by atomic mass is 16.5. The number of anilines is 1. The molecular formula is C15H23N5O. The molecule has 0 spiro atoms. The first kappa shape index (κ1) is 14.3. The first-order valence-corrected chi connectivity index (χ1v) is 7.59. The zero-order chi connectivity index (χ0) is 14.8. The molecule has 0 atom stereocenters. The van der Waals surface area contributed by atoms with E-state index in [4.69, 9.17) is 15.6 Å². The van der Waals surface area contributed by atoms with Crippen LogP contribution in [0.4, 0.5) is 5.82 Å². The van der Waals surface area contributed by atoms with Gasteiger partial charge in [-0.05, 0) is 26.7 Å². The van der Waals surface area contributed by atoms with E-state index in [1.54, 1.807) is 0 Å². The van der Waals surface area contributed by atoms with Crippen LogP contribution in [-0.2, 0) is 4.74 Å². The fourth-order valence-electron chi connectivity index (χ4n) is 2.81. The number of aromatic nitrogens is 3. The van der Waals surface area contributed by atoms with Crippen LogP contribution < -0.4 is 11.1 Å². The Bertz CT molecular complexity index is 631. The molecule has 1 aliphatic rings. The molecule has 0 saturated carbocycles. The number of aryl methyl sites for hydroxylation is 1. The normalized spacial score (nSPS) is 16.5. The van der Waals surface area contributed by atoms with Gasteiger partial charge in [0.25, 0.3) is 0 Å². The summed E-state index contributed by atoms with van der Waals surface area (Å²) in [4.78, 5) is 4.66. The summed E-state index contributed by atoms with van der Waals surface area (Å²) in [5.74, 6) is 1.48. The maximum atomic E-state index is 5.61. The molecular weight excluding hydrogens is 266 g/mol. The van der Waals surface area contributed by atoms with Crippen molar-refractivity contribution in [1.29, 1.82) is 0 Å². The van der Waals surface area contributed by atoms with Gasteiger partial charge in [0.05, 0.1) is 5.69 Å². The summed E-state index contributed by atoms with van der Waals surface area (Å²) in [5.41, 5.74) is 9.78. The Morgan fingerprint density at radius 2 is 2.14 bits per heavy atom. The fraction of sp³-hybridized carbons (Fsp3) is 0.600. The lowest BCUT2D eigenvalue weighted by molar-refractivity contribution is 0.0844. The van der Waals surface area contributed by atoms with Crippen molar-refractivity contribution in [3.8, 4) is 0 Å². The molecule has 114 valence electrons. The molecule has 0 unspecified atom stereocenters. The Labute approximate surface area is 124 Å². The van der Waals surface area contributed by atoms with Crippen LogP contribution in [0.15, 0.2) is 6.07 Å². The first-order chi connectivity index (χ1) is 10.2. The van der Waals surface area contributed by atoms with Crippen molar-refractivity contribution in [1.82, 2.24) is 14.6 Å². The summed E-state index contributed by atoms with van der Waals surface area (Å²) in [6, 6.07) is 2.11. The summed E-state index contributed by atoms with van der Waals surface area (Å²) in [6.45, 7) is 7.06. The highest BCUT2D eigenvalue weighted by Crippen LogP contribution is 2.28. The van der Waals surface area contributed by atoms with E-state index in [-0.39, 0.29) is 0 Å². The average molecular weight is 289 g/mol. The molecule has 0 aliphatic carbocycles. The molecule has 6 heteroatoms. The smallest absolute Gasteiger partial charge is 0.157 e. The van der Waals surface area contributed by atoms with Crippen LogP contribution in [0.1, 0.15) is 35.7 Å². The number of fused-ring (bicyclic) bond motifs is 1. The molecule has 0 bridgehead atoms. The van der Waals surface area contributed by atoms with Crippen LogP contribution in [0.2, 0.25) is 0 Å². The Kier molecular flexibility index (Phi) is 4.07. The molecule has 3 N–H and O–H groups in total. The number of nitrogens with one attached hydrogen (secondary N) is 1. The van der Waals surface area contributed by atoms with Crippen LogP contribution in [0.3, 0.4) is 0 Å². The predicted octanol–water partition coefficient (Wildman–Crippen LogP) is 1.61. The second kappa shape index (κ2) is 5.99. The van der Waals surface area contributed by atoms with Crippen molar-refractivity contribution in [3.05, 3.63) is 23.0 Å². The molecule has 0 amide bonds. The Morgan fingerprint density at radius 1 is 1.38 bits per heavy atom. The van der Waals surface area contributed by atoms with E-state index >= 15 is 0 Å². The minimum atomic E-state index is 0.475. The highest BCUT2D eigenvalue weighted by molar-refractivity contribution is 5.55. The number of nitrogens with zero attached hydrogens (tertiary/aromatic N) is 3.